The molecule has 1 aromatic carbocycles. The summed E-state index contributed by atoms with van der Waals surface area (Å²) in [6.07, 6.45) is -4.56. The Morgan fingerprint density at radius 1 is 1.50 bits per heavy atom. The van der Waals surface area contributed by atoms with Gasteiger partial charge >= 0.3 is 6.18 Å². The number of hydrogen-bond acceptors (Lipinski definition) is 4. The van der Waals surface area contributed by atoms with Crippen LogP contribution in [-0.2, 0) is 11.0 Å². The average Bonchev–Trinajstić information content (AvgIpc) is 2.92. The highest BCUT2D eigenvalue weighted by molar-refractivity contribution is 8.39. The van der Waals surface area contributed by atoms with Gasteiger partial charge in [0.15, 0.2) is 0 Å². The first kappa shape index (κ1) is 17.5. The lowest BCUT2D eigenvalue weighted by molar-refractivity contribution is -0.137. The molecular weight excluding hydrogens is 357 g/mol. The maximum Gasteiger partial charge on any atom is 0.417 e. The van der Waals surface area contributed by atoms with Crippen LogP contribution >= 0.6 is 35.1 Å². The van der Waals surface area contributed by atoms with Crippen molar-refractivity contribution in [2.45, 2.75) is 18.3 Å². The molecule has 3 nitrogen and oxygen atoms in total. The minimum absolute atomic E-state index is 0.0650. The van der Waals surface area contributed by atoms with Crippen molar-refractivity contribution in [3.8, 4) is 0 Å². The summed E-state index contributed by atoms with van der Waals surface area (Å²) in [5, 5.41) is 1.62. The van der Waals surface area contributed by atoms with Crippen molar-refractivity contribution in [3.05, 3.63) is 28.8 Å². The molecule has 0 aromatic heterocycles. The minimum atomic E-state index is -4.56. The summed E-state index contributed by atoms with van der Waals surface area (Å²) >= 11 is 8.41. The largest absolute Gasteiger partial charge is 0.417 e. The van der Waals surface area contributed by atoms with Crippen LogP contribution in [0.3, 0.4) is 0 Å². The van der Waals surface area contributed by atoms with Gasteiger partial charge in [-0.05, 0) is 25.1 Å². The molecule has 1 aliphatic heterocycles. The number of nitrogens with one attached hydrogen (secondary N) is 1. The number of rotatable bonds is 3. The molecule has 1 aliphatic rings. The molecule has 9 heteroatoms. The summed E-state index contributed by atoms with van der Waals surface area (Å²) in [5.41, 5.74) is -0.904. The lowest BCUT2D eigenvalue weighted by Gasteiger charge is -2.14. The Kier molecular flexibility index (Phi) is 5.68. The molecule has 0 unspecified atom stereocenters. The van der Waals surface area contributed by atoms with Crippen molar-refractivity contribution in [2.75, 3.05) is 17.6 Å². The van der Waals surface area contributed by atoms with Crippen molar-refractivity contribution in [2.24, 2.45) is 4.99 Å². The fourth-order valence-electron chi connectivity index (χ4n) is 1.66. The van der Waals surface area contributed by atoms with Crippen molar-refractivity contribution < 1.29 is 18.0 Å². The number of amides is 1. The molecular formula is C13H12ClF3N2OS2. The predicted molar refractivity (Wildman–Crippen MR) is 86.9 cm³/mol. The third-order valence-electron chi connectivity index (χ3n) is 2.74. The highest BCUT2D eigenvalue weighted by Crippen LogP contribution is 2.36. The van der Waals surface area contributed by atoms with E-state index in [1.807, 2.05) is 0 Å². The Balaban J connectivity index is 2.05. The summed E-state index contributed by atoms with van der Waals surface area (Å²) < 4.78 is 39.2. The zero-order chi connectivity index (χ0) is 16.3. The van der Waals surface area contributed by atoms with Crippen LogP contribution in [0.1, 0.15) is 12.5 Å². The Labute approximate surface area is 139 Å². The molecule has 0 aliphatic carbocycles. The van der Waals surface area contributed by atoms with Crippen molar-refractivity contribution in [1.82, 2.24) is 0 Å². The predicted octanol–water partition coefficient (Wildman–Crippen LogP) is 4.52. The number of nitrogens with zero attached hydrogens (tertiary/aromatic N) is 1. The normalized spacial score (nSPS) is 16.3. The number of halogens is 4. The van der Waals surface area contributed by atoms with E-state index in [4.69, 9.17) is 11.6 Å². The van der Waals surface area contributed by atoms with Gasteiger partial charge in [0.1, 0.15) is 4.38 Å². The number of thioether (sulfide) groups is 2. The van der Waals surface area contributed by atoms with Gasteiger partial charge in [-0.25, -0.2) is 0 Å². The highest BCUT2D eigenvalue weighted by Gasteiger charge is 2.33. The Bertz CT molecular complexity index is 607. The number of hydrogen-bond donors (Lipinski definition) is 1. The molecule has 120 valence electrons. The van der Waals surface area contributed by atoms with E-state index in [9.17, 15) is 18.0 Å². The van der Waals surface area contributed by atoms with Crippen LogP contribution in [0.2, 0.25) is 5.02 Å². The van der Waals surface area contributed by atoms with Gasteiger partial charge in [-0.3, -0.25) is 9.79 Å². The van der Waals surface area contributed by atoms with Gasteiger partial charge in [-0.1, -0.05) is 35.1 Å². The molecule has 1 aromatic rings. The second-order valence-electron chi connectivity index (χ2n) is 4.44. The first-order chi connectivity index (χ1) is 10.3. The third kappa shape index (κ3) is 4.57. The van der Waals surface area contributed by atoms with Crippen LogP contribution in [0.15, 0.2) is 23.2 Å². The lowest BCUT2D eigenvalue weighted by Crippen LogP contribution is -2.23. The second kappa shape index (κ2) is 7.14. The summed E-state index contributed by atoms with van der Waals surface area (Å²) in [6, 6.07) is 3.29. The van der Waals surface area contributed by atoms with Crippen molar-refractivity contribution >= 4 is 51.1 Å². The molecule has 0 saturated carbocycles. The fraction of sp³-hybridized carbons (Fsp3) is 0.385. The summed E-state index contributed by atoms with van der Waals surface area (Å²) in [4.78, 5) is 16.3. The molecule has 0 radical (unpaired) electrons. The van der Waals surface area contributed by atoms with Crippen LogP contribution in [0.25, 0.3) is 0 Å². The lowest BCUT2D eigenvalue weighted by atomic mass is 10.2. The van der Waals surface area contributed by atoms with E-state index in [0.29, 0.717) is 0 Å². The minimum Gasteiger partial charge on any atom is -0.325 e. The SMILES string of the molecule is C[C@@H](SC1=NCCS1)C(=O)Nc1ccc(Cl)c(C(F)(F)F)c1. The number of carbonyl (C=O) groups is 1. The molecule has 22 heavy (non-hydrogen) atoms. The second-order valence-corrected chi connectivity index (χ2v) is 7.52. The zero-order valence-electron chi connectivity index (χ0n) is 11.4. The average molecular weight is 369 g/mol. The third-order valence-corrected chi connectivity index (χ3v) is 5.38. The van der Waals surface area contributed by atoms with Crippen LogP contribution in [0, 0.1) is 0 Å². The topological polar surface area (TPSA) is 41.5 Å². The number of alkyl halides is 3. The van der Waals surface area contributed by atoms with E-state index in [1.54, 1.807) is 18.7 Å². The Morgan fingerprint density at radius 3 is 2.82 bits per heavy atom. The molecule has 0 saturated heterocycles. The van der Waals surface area contributed by atoms with Gasteiger partial charge in [0.25, 0.3) is 0 Å². The summed E-state index contributed by atoms with van der Waals surface area (Å²) in [6.45, 7) is 2.41. The maximum atomic E-state index is 12.8. The van der Waals surface area contributed by atoms with E-state index < -0.39 is 22.0 Å². The van der Waals surface area contributed by atoms with Crippen LogP contribution in [-0.4, -0.2) is 27.8 Å². The molecule has 0 fully saturated rings. The quantitative estimate of drug-likeness (QED) is 0.852. The number of aliphatic imine (C=N–C) groups is 1. The molecule has 1 N–H and O–H groups in total. The molecule has 1 heterocycles. The molecule has 2 rings (SSSR count). The number of carbonyl (C=O) groups excluding carboxylic acids is 1. The Morgan fingerprint density at radius 2 is 2.23 bits per heavy atom. The number of anilines is 1. The molecule has 0 spiro atoms. The van der Waals surface area contributed by atoms with E-state index >= 15 is 0 Å². The van der Waals surface area contributed by atoms with Gasteiger partial charge in [0.2, 0.25) is 5.91 Å². The molecule has 1 amide bonds. The van der Waals surface area contributed by atoms with E-state index in [-0.39, 0.29) is 11.6 Å². The monoisotopic (exact) mass is 368 g/mol. The van der Waals surface area contributed by atoms with Gasteiger partial charge in [0, 0.05) is 11.4 Å². The molecule has 1 atom stereocenters. The van der Waals surface area contributed by atoms with Crippen LogP contribution in [0.4, 0.5) is 18.9 Å². The van der Waals surface area contributed by atoms with Crippen molar-refractivity contribution in [1.29, 1.82) is 0 Å². The van der Waals surface area contributed by atoms with Gasteiger partial charge < -0.3 is 5.32 Å². The first-order valence-electron chi connectivity index (χ1n) is 6.29. The zero-order valence-corrected chi connectivity index (χ0v) is 13.8. The Hall–Kier alpha value is -0.860. The van der Waals surface area contributed by atoms with E-state index in [1.165, 1.54) is 17.8 Å². The maximum absolute atomic E-state index is 12.8. The fourth-order valence-corrected chi connectivity index (χ4v) is 4.01. The first-order valence-corrected chi connectivity index (χ1v) is 8.53. The van der Waals surface area contributed by atoms with Gasteiger partial charge in [0.05, 0.1) is 22.4 Å². The van der Waals surface area contributed by atoms with Crippen LogP contribution < -0.4 is 5.32 Å². The molecule has 0 bridgehead atoms. The van der Waals surface area contributed by atoms with Crippen LogP contribution in [0.5, 0.6) is 0 Å². The number of benzene rings is 1. The smallest absolute Gasteiger partial charge is 0.325 e. The van der Waals surface area contributed by atoms with Gasteiger partial charge in [-0.15, -0.1) is 0 Å². The highest BCUT2D eigenvalue weighted by atomic mass is 35.5. The van der Waals surface area contributed by atoms with Crippen molar-refractivity contribution in [3.63, 3.8) is 0 Å². The summed E-state index contributed by atoms with van der Waals surface area (Å²) in [5.74, 6) is 0.513. The van der Waals surface area contributed by atoms with E-state index in [0.717, 1.165) is 28.8 Å². The van der Waals surface area contributed by atoms with E-state index in [2.05, 4.69) is 10.3 Å². The standard InChI is InChI=1S/C13H12ClF3N2OS2/c1-7(22-12-18-4-5-21-12)11(20)19-8-2-3-10(14)9(6-8)13(15,16)17/h2-3,6-7H,4-5H2,1H3,(H,19,20)/t7-/m1/s1. The summed E-state index contributed by atoms with van der Waals surface area (Å²) in [7, 11) is 0. The van der Waals surface area contributed by atoms with Gasteiger partial charge in [-0.2, -0.15) is 13.2 Å².